The minimum atomic E-state index is -0.892. The highest BCUT2D eigenvalue weighted by molar-refractivity contribution is 5.31. The second-order valence-corrected chi connectivity index (χ2v) is 4.31. The standard InChI is InChI=1S/C13H18N4O2/c1-4-5-17-12(11(19-3)8-16-17)13(18)10-7-14-9(2)6-15-10/h6-8,13,18H,4-5H2,1-3H3. The van der Waals surface area contributed by atoms with E-state index in [4.69, 9.17) is 4.74 Å². The SMILES string of the molecule is CCCn1ncc(OC)c1C(O)c1cnc(C)cn1. The van der Waals surface area contributed by atoms with Crippen LogP contribution in [0.1, 0.15) is 36.5 Å². The molecule has 102 valence electrons. The normalized spacial score (nSPS) is 12.4. The first-order chi connectivity index (χ1) is 9.17. The molecule has 0 bridgehead atoms. The Labute approximate surface area is 112 Å². The topological polar surface area (TPSA) is 73.1 Å². The monoisotopic (exact) mass is 262 g/mol. The molecule has 6 nitrogen and oxygen atoms in total. The fourth-order valence-corrected chi connectivity index (χ4v) is 1.88. The van der Waals surface area contributed by atoms with Crippen LogP contribution in [0.2, 0.25) is 0 Å². The van der Waals surface area contributed by atoms with E-state index < -0.39 is 6.10 Å². The van der Waals surface area contributed by atoms with Crippen LogP contribution in [-0.4, -0.2) is 32.0 Å². The molecule has 0 spiro atoms. The van der Waals surface area contributed by atoms with Crippen molar-refractivity contribution in [3.63, 3.8) is 0 Å². The average Bonchev–Trinajstić information content (AvgIpc) is 2.82. The first-order valence-electron chi connectivity index (χ1n) is 6.23. The largest absolute Gasteiger partial charge is 0.493 e. The van der Waals surface area contributed by atoms with E-state index in [0.717, 1.165) is 18.7 Å². The fourth-order valence-electron chi connectivity index (χ4n) is 1.88. The van der Waals surface area contributed by atoms with Crippen LogP contribution >= 0.6 is 0 Å². The van der Waals surface area contributed by atoms with Crippen LogP contribution in [0.5, 0.6) is 5.75 Å². The van der Waals surface area contributed by atoms with E-state index in [0.29, 0.717) is 17.1 Å². The van der Waals surface area contributed by atoms with Crippen molar-refractivity contribution < 1.29 is 9.84 Å². The molecule has 0 saturated heterocycles. The van der Waals surface area contributed by atoms with Gasteiger partial charge in [-0.25, -0.2) is 0 Å². The summed E-state index contributed by atoms with van der Waals surface area (Å²) in [5.41, 5.74) is 1.91. The van der Waals surface area contributed by atoms with Gasteiger partial charge in [0.25, 0.3) is 0 Å². The first kappa shape index (κ1) is 13.5. The van der Waals surface area contributed by atoms with Crippen molar-refractivity contribution in [2.45, 2.75) is 32.9 Å². The van der Waals surface area contributed by atoms with Gasteiger partial charge in [-0.05, 0) is 13.3 Å². The van der Waals surface area contributed by atoms with Crippen LogP contribution in [0.4, 0.5) is 0 Å². The van der Waals surface area contributed by atoms with E-state index in [9.17, 15) is 5.11 Å². The van der Waals surface area contributed by atoms with E-state index in [1.54, 1.807) is 30.4 Å². The molecule has 1 unspecified atom stereocenters. The van der Waals surface area contributed by atoms with Crippen molar-refractivity contribution in [2.24, 2.45) is 0 Å². The van der Waals surface area contributed by atoms with Crippen LogP contribution in [0, 0.1) is 6.92 Å². The van der Waals surface area contributed by atoms with Gasteiger partial charge in [-0.15, -0.1) is 0 Å². The molecule has 0 saturated carbocycles. The molecule has 2 aromatic rings. The van der Waals surface area contributed by atoms with Crippen molar-refractivity contribution >= 4 is 0 Å². The molecule has 2 heterocycles. The van der Waals surface area contributed by atoms with Crippen molar-refractivity contribution in [2.75, 3.05) is 7.11 Å². The summed E-state index contributed by atoms with van der Waals surface area (Å²) < 4.78 is 6.99. The number of hydrogen-bond acceptors (Lipinski definition) is 5. The smallest absolute Gasteiger partial charge is 0.163 e. The van der Waals surface area contributed by atoms with Gasteiger partial charge >= 0.3 is 0 Å². The third-order valence-electron chi connectivity index (χ3n) is 2.84. The van der Waals surface area contributed by atoms with Gasteiger partial charge in [-0.1, -0.05) is 6.92 Å². The maximum atomic E-state index is 10.4. The molecule has 19 heavy (non-hydrogen) atoms. The van der Waals surface area contributed by atoms with Gasteiger partial charge < -0.3 is 9.84 Å². The molecule has 1 atom stereocenters. The number of aliphatic hydroxyl groups excluding tert-OH is 1. The van der Waals surface area contributed by atoms with Crippen molar-refractivity contribution in [1.82, 2.24) is 19.7 Å². The van der Waals surface area contributed by atoms with Gasteiger partial charge in [0, 0.05) is 12.7 Å². The molecule has 6 heteroatoms. The van der Waals surface area contributed by atoms with Gasteiger partial charge in [0.2, 0.25) is 0 Å². The summed E-state index contributed by atoms with van der Waals surface area (Å²) in [6, 6.07) is 0. The van der Waals surface area contributed by atoms with Crippen LogP contribution < -0.4 is 4.74 Å². The Morgan fingerprint density at radius 3 is 2.68 bits per heavy atom. The van der Waals surface area contributed by atoms with Gasteiger partial charge in [-0.2, -0.15) is 5.10 Å². The summed E-state index contributed by atoms with van der Waals surface area (Å²) in [5, 5.41) is 14.7. The Kier molecular flexibility index (Phi) is 4.11. The first-order valence-corrected chi connectivity index (χ1v) is 6.23. The fraction of sp³-hybridized carbons (Fsp3) is 0.462. The third-order valence-corrected chi connectivity index (χ3v) is 2.84. The predicted octanol–water partition coefficient (Wildman–Crippen LogP) is 1.48. The highest BCUT2D eigenvalue weighted by Crippen LogP contribution is 2.28. The van der Waals surface area contributed by atoms with Crippen LogP contribution in [-0.2, 0) is 6.54 Å². The van der Waals surface area contributed by atoms with Crippen molar-refractivity contribution in [3.05, 3.63) is 35.7 Å². The number of rotatable bonds is 5. The summed E-state index contributed by atoms with van der Waals surface area (Å²) in [6.45, 7) is 4.62. The lowest BCUT2D eigenvalue weighted by atomic mass is 10.1. The lowest BCUT2D eigenvalue weighted by Gasteiger charge is -2.14. The highest BCUT2D eigenvalue weighted by Gasteiger charge is 2.22. The quantitative estimate of drug-likeness (QED) is 0.883. The zero-order chi connectivity index (χ0) is 13.8. The predicted molar refractivity (Wildman–Crippen MR) is 69.9 cm³/mol. The number of aryl methyl sites for hydroxylation is 2. The minimum Gasteiger partial charge on any atom is -0.493 e. The molecule has 0 aliphatic heterocycles. The molecule has 2 rings (SSSR count). The Hall–Kier alpha value is -1.95. The molecule has 2 aromatic heterocycles. The third kappa shape index (κ3) is 2.73. The maximum Gasteiger partial charge on any atom is 0.163 e. The highest BCUT2D eigenvalue weighted by atomic mass is 16.5. The summed E-state index contributed by atoms with van der Waals surface area (Å²) in [7, 11) is 1.56. The number of hydrogen-bond donors (Lipinski definition) is 1. The zero-order valence-electron chi connectivity index (χ0n) is 11.4. The second kappa shape index (κ2) is 5.79. The van der Waals surface area contributed by atoms with Crippen LogP contribution in [0.3, 0.4) is 0 Å². The lowest BCUT2D eigenvalue weighted by molar-refractivity contribution is 0.196. The van der Waals surface area contributed by atoms with E-state index in [1.165, 1.54) is 0 Å². The van der Waals surface area contributed by atoms with E-state index in [-0.39, 0.29) is 0 Å². The second-order valence-electron chi connectivity index (χ2n) is 4.31. The molecule has 0 radical (unpaired) electrons. The van der Waals surface area contributed by atoms with Gasteiger partial charge in [0.1, 0.15) is 11.8 Å². The van der Waals surface area contributed by atoms with Crippen LogP contribution in [0.15, 0.2) is 18.6 Å². The van der Waals surface area contributed by atoms with Gasteiger partial charge in [-0.3, -0.25) is 14.6 Å². The number of aliphatic hydroxyl groups is 1. The molecule has 1 N–H and O–H groups in total. The Morgan fingerprint density at radius 2 is 2.11 bits per heavy atom. The van der Waals surface area contributed by atoms with Crippen molar-refractivity contribution in [3.8, 4) is 5.75 Å². The number of ether oxygens (including phenoxy) is 1. The Bertz CT molecular complexity index is 536. The summed E-state index contributed by atoms with van der Waals surface area (Å²) >= 11 is 0. The Morgan fingerprint density at radius 1 is 1.32 bits per heavy atom. The molecular formula is C13H18N4O2. The van der Waals surface area contributed by atoms with E-state index >= 15 is 0 Å². The summed E-state index contributed by atoms with van der Waals surface area (Å²) in [4.78, 5) is 8.35. The molecular weight excluding hydrogens is 244 g/mol. The number of nitrogens with zero attached hydrogens (tertiary/aromatic N) is 4. The summed E-state index contributed by atoms with van der Waals surface area (Å²) in [5.74, 6) is 0.559. The van der Waals surface area contributed by atoms with E-state index in [1.807, 2.05) is 6.92 Å². The molecule has 0 amide bonds. The summed E-state index contributed by atoms with van der Waals surface area (Å²) in [6.07, 6.45) is 4.84. The molecule has 0 fully saturated rings. The van der Waals surface area contributed by atoms with Crippen molar-refractivity contribution in [1.29, 1.82) is 0 Å². The lowest BCUT2D eigenvalue weighted by Crippen LogP contribution is -2.12. The Balaban J connectivity index is 2.38. The maximum absolute atomic E-state index is 10.4. The average molecular weight is 262 g/mol. The number of aromatic nitrogens is 4. The number of methoxy groups -OCH3 is 1. The van der Waals surface area contributed by atoms with Gasteiger partial charge in [0.05, 0.1) is 30.9 Å². The molecule has 0 aliphatic rings. The van der Waals surface area contributed by atoms with Gasteiger partial charge in [0.15, 0.2) is 5.75 Å². The van der Waals surface area contributed by atoms with Crippen LogP contribution in [0.25, 0.3) is 0 Å². The van der Waals surface area contributed by atoms with E-state index in [2.05, 4.69) is 22.0 Å². The molecule has 0 aromatic carbocycles. The minimum absolute atomic E-state index is 0.488. The zero-order valence-corrected chi connectivity index (χ0v) is 11.4. The molecule has 0 aliphatic carbocycles.